The topological polar surface area (TPSA) is 29.1 Å². The minimum Gasteiger partial charge on any atom is -0.350 e. The zero-order valence-corrected chi connectivity index (χ0v) is 12.1. The molecule has 2 heteroatoms. The van der Waals surface area contributed by atoms with E-state index in [1.165, 1.54) is 5.56 Å². The molecule has 0 aliphatic heterocycles. The van der Waals surface area contributed by atoms with Gasteiger partial charge in [-0.3, -0.25) is 4.79 Å². The van der Waals surface area contributed by atoms with E-state index in [9.17, 15) is 4.79 Å². The summed E-state index contributed by atoms with van der Waals surface area (Å²) in [6.45, 7) is 4.16. The van der Waals surface area contributed by atoms with E-state index >= 15 is 0 Å². The number of hydrogen-bond donors (Lipinski definition) is 1. The minimum absolute atomic E-state index is 0.00515. The van der Waals surface area contributed by atoms with Gasteiger partial charge in [-0.1, -0.05) is 55.8 Å². The molecule has 0 spiro atoms. The van der Waals surface area contributed by atoms with E-state index in [2.05, 4.69) is 24.4 Å². The van der Waals surface area contributed by atoms with Crippen LogP contribution in [0, 0.1) is 0 Å². The molecule has 2 nitrogen and oxygen atoms in total. The Hall–Kier alpha value is -2.09. The summed E-state index contributed by atoms with van der Waals surface area (Å²) in [6.07, 6.45) is 2.09. The Morgan fingerprint density at radius 1 is 1.00 bits per heavy atom. The van der Waals surface area contributed by atoms with Crippen LogP contribution in [0.4, 0.5) is 0 Å². The Morgan fingerprint density at radius 3 is 2.20 bits per heavy atom. The lowest BCUT2D eigenvalue weighted by Crippen LogP contribution is -2.32. The molecular weight excluding hydrogens is 246 g/mol. The molecule has 0 bridgehead atoms. The second-order valence-electron chi connectivity index (χ2n) is 5.11. The molecule has 20 heavy (non-hydrogen) atoms. The van der Waals surface area contributed by atoms with Gasteiger partial charge in [-0.25, -0.2) is 0 Å². The first-order valence-corrected chi connectivity index (χ1v) is 7.17. The summed E-state index contributed by atoms with van der Waals surface area (Å²) in [5.74, 6) is 0.00515. The predicted octanol–water partition coefficient (Wildman–Crippen LogP) is 4.27. The van der Waals surface area contributed by atoms with Crippen molar-refractivity contribution in [2.75, 3.05) is 0 Å². The van der Waals surface area contributed by atoms with Crippen molar-refractivity contribution in [3.8, 4) is 11.1 Å². The molecule has 0 radical (unpaired) electrons. The van der Waals surface area contributed by atoms with E-state index < -0.39 is 0 Å². The zero-order valence-electron chi connectivity index (χ0n) is 12.1. The van der Waals surface area contributed by atoms with Crippen LogP contribution in [0.5, 0.6) is 0 Å². The molecule has 0 aliphatic rings. The van der Waals surface area contributed by atoms with Gasteiger partial charge in [0.15, 0.2) is 0 Å². The van der Waals surface area contributed by atoms with E-state index in [0.717, 1.165) is 18.4 Å². The number of rotatable bonds is 5. The van der Waals surface area contributed by atoms with E-state index in [-0.39, 0.29) is 11.9 Å². The molecule has 2 rings (SSSR count). The van der Waals surface area contributed by atoms with E-state index in [1.807, 2.05) is 49.4 Å². The molecule has 2 aromatic rings. The Balaban J connectivity index is 2.07. The maximum absolute atomic E-state index is 12.1. The van der Waals surface area contributed by atoms with E-state index in [0.29, 0.717) is 5.56 Å². The molecule has 0 saturated carbocycles. The van der Waals surface area contributed by atoms with Gasteiger partial charge in [0.2, 0.25) is 0 Å². The van der Waals surface area contributed by atoms with Crippen molar-refractivity contribution in [2.45, 2.75) is 32.7 Å². The number of benzene rings is 2. The highest BCUT2D eigenvalue weighted by Crippen LogP contribution is 2.19. The first-order valence-electron chi connectivity index (χ1n) is 7.17. The SMILES string of the molecule is CCC[C@H](C)NC(=O)c1ccc(-c2ccccc2)cc1. The fourth-order valence-electron chi connectivity index (χ4n) is 2.26. The Bertz CT molecular complexity index is 545. The Labute approximate surface area is 120 Å². The number of nitrogens with one attached hydrogen (secondary N) is 1. The number of carbonyl (C=O) groups excluding carboxylic acids is 1. The van der Waals surface area contributed by atoms with Gasteiger partial charge in [-0.2, -0.15) is 0 Å². The molecule has 0 unspecified atom stereocenters. The van der Waals surface area contributed by atoms with Gasteiger partial charge < -0.3 is 5.32 Å². The fourth-order valence-corrected chi connectivity index (χ4v) is 2.26. The van der Waals surface area contributed by atoms with Gasteiger partial charge >= 0.3 is 0 Å². The second kappa shape index (κ2) is 6.90. The van der Waals surface area contributed by atoms with Crippen molar-refractivity contribution in [3.63, 3.8) is 0 Å². The van der Waals surface area contributed by atoms with Crippen LogP contribution < -0.4 is 5.32 Å². The molecule has 0 fully saturated rings. The number of carbonyl (C=O) groups is 1. The van der Waals surface area contributed by atoms with Crippen LogP contribution >= 0.6 is 0 Å². The van der Waals surface area contributed by atoms with Crippen molar-refractivity contribution in [1.82, 2.24) is 5.32 Å². The van der Waals surface area contributed by atoms with Crippen molar-refractivity contribution in [2.24, 2.45) is 0 Å². The summed E-state index contributed by atoms with van der Waals surface area (Å²) in [5, 5.41) is 3.02. The first-order chi connectivity index (χ1) is 9.70. The van der Waals surface area contributed by atoms with E-state index in [4.69, 9.17) is 0 Å². The van der Waals surface area contributed by atoms with Crippen LogP contribution in [-0.2, 0) is 0 Å². The minimum atomic E-state index is 0.00515. The molecule has 1 N–H and O–H groups in total. The van der Waals surface area contributed by atoms with Gasteiger partial charge in [0.05, 0.1) is 0 Å². The maximum atomic E-state index is 12.1. The average Bonchev–Trinajstić information content (AvgIpc) is 2.48. The summed E-state index contributed by atoms with van der Waals surface area (Å²) < 4.78 is 0. The molecule has 1 amide bonds. The number of amides is 1. The lowest BCUT2D eigenvalue weighted by atomic mass is 10.0. The second-order valence-corrected chi connectivity index (χ2v) is 5.11. The van der Waals surface area contributed by atoms with Gasteiger partial charge in [-0.15, -0.1) is 0 Å². The molecule has 2 aromatic carbocycles. The van der Waals surface area contributed by atoms with Crippen molar-refractivity contribution in [1.29, 1.82) is 0 Å². The highest BCUT2D eigenvalue weighted by atomic mass is 16.1. The highest BCUT2D eigenvalue weighted by molar-refractivity contribution is 5.94. The normalized spacial score (nSPS) is 11.9. The van der Waals surface area contributed by atoms with Crippen molar-refractivity contribution < 1.29 is 4.79 Å². The van der Waals surface area contributed by atoms with Crippen LogP contribution in [0.25, 0.3) is 11.1 Å². The van der Waals surface area contributed by atoms with Crippen LogP contribution in [0.2, 0.25) is 0 Å². The van der Waals surface area contributed by atoms with Crippen LogP contribution in [-0.4, -0.2) is 11.9 Å². The molecule has 0 heterocycles. The quantitative estimate of drug-likeness (QED) is 0.861. The molecule has 0 aliphatic carbocycles. The third kappa shape index (κ3) is 3.70. The maximum Gasteiger partial charge on any atom is 0.251 e. The zero-order chi connectivity index (χ0) is 14.4. The standard InChI is InChI=1S/C18H21NO/c1-3-7-14(2)19-18(20)17-12-10-16(11-13-17)15-8-5-4-6-9-15/h4-6,8-14H,3,7H2,1-2H3,(H,19,20)/t14-/m0/s1. The smallest absolute Gasteiger partial charge is 0.251 e. The van der Waals surface area contributed by atoms with Crippen LogP contribution in [0.3, 0.4) is 0 Å². The largest absolute Gasteiger partial charge is 0.350 e. The third-order valence-electron chi connectivity index (χ3n) is 3.35. The van der Waals surface area contributed by atoms with Crippen molar-refractivity contribution in [3.05, 3.63) is 60.2 Å². The summed E-state index contributed by atoms with van der Waals surface area (Å²) in [4.78, 5) is 12.1. The predicted molar refractivity (Wildman–Crippen MR) is 83.7 cm³/mol. The van der Waals surface area contributed by atoms with Gasteiger partial charge in [0.1, 0.15) is 0 Å². The molecule has 104 valence electrons. The van der Waals surface area contributed by atoms with Crippen LogP contribution in [0.1, 0.15) is 37.0 Å². The van der Waals surface area contributed by atoms with Gasteiger partial charge in [0.25, 0.3) is 5.91 Å². The summed E-state index contributed by atoms with van der Waals surface area (Å²) in [7, 11) is 0. The molecule has 0 aromatic heterocycles. The summed E-state index contributed by atoms with van der Waals surface area (Å²) in [5.41, 5.74) is 3.01. The average molecular weight is 267 g/mol. The monoisotopic (exact) mass is 267 g/mol. The lowest BCUT2D eigenvalue weighted by Gasteiger charge is -2.13. The molecule has 0 saturated heterocycles. The van der Waals surface area contributed by atoms with Crippen LogP contribution in [0.15, 0.2) is 54.6 Å². The summed E-state index contributed by atoms with van der Waals surface area (Å²) >= 11 is 0. The fraction of sp³-hybridized carbons (Fsp3) is 0.278. The van der Waals surface area contributed by atoms with Gasteiger partial charge in [0, 0.05) is 11.6 Å². The highest BCUT2D eigenvalue weighted by Gasteiger charge is 2.09. The van der Waals surface area contributed by atoms with Crippen molar-refractivity contribution >= 4 is 5.91 Å². The summed E-state index contributed by atoms with van der Waals surface area (Å²) in [6, 6.07) is 18.2. The van der Waals surface area contributed by atoms with E-state index in [1.54, 1.807) is 0 Å². The lowest BCUT2D eigenvalue weighted by molar-refractivity contribution is 0.0938. The number of hydrogen-bond acceptors (Lipinski definition) is 1. The Kier molecular flexibility index (Phi) is 4.94. The van der Waals surface area contributed by atoms with Gasteiger partial charge in [-0.05, 0) is 36.6 Å². The first kappa shape index (κ1) is 14.3. The molecular formula is C18H21NO. The molecule has 1 atom stereocenters. The third-order valence-corrected chi connectivity index (χ3v) is 3.35. The Morgan fingerprint density at radius 2 is 1.60 bits per heavy atom.